The van der Waals surface area contributed by atoms with Crippen LogP contribution in [0.2, 0.25) is 0 Å². The van der Waals surface area contributed by atoms with Gasteiger partial charge in [-0.1, -0.05) is 68.7 Å². The third kappa shape index (κ3) is 8.99. The molecule has 1 aromatic heterocycles. The summed E-state index contributed by atoms with van der Waals surface area (Å²) in [7, 11) is 0. The van der Waals surface area contributed by atoms with E-state index >= 15 is 4.79 Å². The fraction of sp³-hybridized carbons (Fsp3) is 0.500. The summed E-state index contributed by atoms with van der Waals surface area (Å²) in [5.41, 5.74) is 11.0. The predicted molar refractivity (Wildman–Crippen MR) is 299 cm³/mol. The summed E-state index contributed by atoms with van der Waals surface area (Å²) in [4.78, 5) is 30.1. The van der Waals surface area contributed by atoms with Gasteiger partial charge in [0.1, 0.15) is 58.1 Å². The lowest BCUT2D eigenvalue weighted by molar-refractivity contribution is -0.171. The number of hydrogen-bond acceptors (Lipinski definition) is 15. The molecule has 418 valence electrons. The first-order chi connectivity index (χ1) is 38.1. The molecule has 4 aromatic rings. The lowest BCUT2D eigenvalue weighted by Crippen LogP contribution is -2.59. The van der Waals surface area contributed by atoms with Crippen LogP contribution in [0.25, 0.3) is 11.0 Å². The van der Waals surface area contributed by atoms with Crippen LogP contribution in [0.1, 0.15) is 155 Å². The Bertz CT molecular complexity index is 3330. The maximum atomic E-state index is 15.5. The van der Waals surface area contributed by atoms with Gasteiger partial charge < -0.3 is 60.9 Å². The van der Waals surface area contributed by atoms with Crippen LogP contribution in [0.5, 0.6) is 17.2 Å². The topological polar surface area (TPSA) is 249 Å². The number of carbonyl (C=O) groups is 1. The average molecular weight is 1080 g/mol. The van der Waals surface area contributed by atoms with Crippen molar-refractivity contribution in [3.8, 4) is 17.2 Å². The monoisotopic (exact) mass is 1080 g/mol. The molecular formula is C64H76N4O11. The Morgan fingerprint density at radius 3 is 2.58 bits per heavy atom. The number of aryl methyl sites for hydroxylation is 1. The molecule has 3 fully saturated rings. The first-order valence-electron chi connectivity index (χ1n) is 28.9. The van der Waals surface area contributed by atoms with E-state index in [4.69, 9.17) is 19.6 Å². The zero-order chi connectivity index (χ0) is 55.1. The first kappa shape index (κ1) is 53.3. The number of dihydropyridines is 2. The van der Waals surface area contributed by atoms with Crippen LogP contribution < -0.4 is 31.8 Å². The molecule has 8 aliphatic rings. The third-order valence-electron chi connectivity index (χ3n) is 19.8. The van der Waals surface area contributed by atoms with Crippen LogP contribution in [0.4, 0.5) is 0 Å². The number of phenolic OH excluding ortho intramolecular Hbond substituents is 2. The highest BCUT2D eigenvalue weighted by Crippen LogP contribution is 2.61. The van der Waals surface area contributed by atoms with Gasteiger partial charge in [0.2, 0.25) is 0 Å². The molecule has 11 N–H and O–H groups in total. The van der Waals surface area contributed by atoms with E-state index in [1.165, 1.54) is 5.57 Å². The molecule has 3 aromatic carbocycles. The highest BCUT2D eigenvalue weighted by atomic mass is 16.6. The Balaban J connectivity index is 1.05. The normalized spacial score (nSPS) is 30.9. The van der Waals surface area contributed by atoms with Gasteiger partial charge in [-0.05, 0) is 165 Å². The zero-order valence-corrected chi connectivity index (χ0v) is 45.6. The Morgan fingerprint density at radius 2 is 1.81 bits per heavy atom. The number of allylic oxidation sites excluding steroid dienone is 5. The number of aromatic hydroxyl groups is 2. The van der Waals surface area contributed by atoms with E-state index in [-0.39, 0.29) is 76.1 Å². The van der Waals surface area contributed by atoms with Crippen molar-refractivity contribution in [2.75, 3.05) is 19.7 Å². The molecule has 5 heterocycles. The van der Waals surface area contributed by atoms with Gasteiger partial charge in [0.25, 0.3) is 0 Å². The fourth-order valence-corrected chi connectivity index (χ4v) is 15.9. The lowest BCUT2D eigenvalue weighted by Gasteiger charge is -2.52. The Hall–Kier alpha value is -6.36. The van der Waals surface area contributed by atoms with Gasteiger partial charge in [0.15, 0.2) is 5.43 Å². The van der Waals surface area contributed by atoms with Crippen LogP contribution in [-0.4, -0.2) is 79.8 Å². The van der Waals surface area contributed by atoms with E-state index in [1.807, 2.05) is 31.2 Å². The summed E-state index contributed by atoms with van der Waals surface area (Å²) in [6, 6.07) is 14.5. The highest BCUT2D eigenvalue weighted by Gasteiger charge is 2.58. The Kier molecular flexibility index (Phi) is 13.9. The number of aliphatic hydroxyl groups is 4. The molecule has 79 heavy (non-hydrogen) atoms. The van der Waals surface area contributed by atoms with E-state index in [9.17, 15) is 35.4 Å². The second kappa shape index (κ2) is 20.6. The average Bonchev–Trinajstić information content (AvgIpc) is 3.84. The predicted octanol–water partition coefficient (Wildman–Crippen LogP) is 8.00. The number of phenols is 2. The number of nitrogens with two attached hydrogens (primary N) is 1. The van der Waals surface area contributed by atoms with Gasteiger partial charge in [-0.25, -0.2) is 4.79 Å². The first-order valence-corrected chi connectivity index (χ1v) is 28.9. The maximum absolute atomic E-state index is 15.5. The van der Waals surface area contributed by atoms with Crippen molar-refractivity contribution >= 4 is 16.9 Å². The number of carbonyl (C=O) groups excluding carboxylic acids is 1. The van der Waals surface area contributed by atoms with Crippen LogP contribution in [0.3, 0.4) is 0 Å². The third-order valence-corrected chi connectivity index (χ3v) is 19.8. The number of nitrogens with one attached hydrogen (secondary N) is 3. The molecule has 3 saturated carbocycles. The maximum Gasteiger partial charge on any atom is 0.337 e. The molecule has 15 heteroatoms. The highest BCUT2D eigenvalue weighted by molar-refractivity contribution is 5.93. The van der Waals surface area contributed by atoms with E-state index in [2.05, 4.69) is 47.3 Å². The molecule has 0 spiro atoms. The minimum absolute atomic E-state index is 0.0185. The Morgan fingerprint density at radius 1 is 0.987 bits per heavy atom. The lowest BCUT2D eigenvalue weighted by atomic mass is 9.61. The Labute approximate surface area is 461 Å². The van der Waals surface area contributed by atoms with Crippen molar-refractivity contribution in [1.29, 1.82) is 0 Å². The van der Waals surface area contributed by atoms with Crippen LogP contribution in [0, 0.1) is 17.8 Å². The summed E-state index contributed by atoms with van der Waals surface area (Å²) in [5, 5.41) is 81.5. The number of ether oxygens (including phenoxy) is 2. The molecule has 0 saturated heterocycles. The second-order valence-corrected chi connectivity index (χ2v) is 24.0. The summed E-state index contributed by atoms with van der Waals surface area (Å²) in [6.07, 6.45) is 15.4. The molecule has 1 unspecified atom stereocenters. The number of fused-ring (bicyclic) bond motifs is 9. The van der Waals surface area contributed by atoms with Crippen molar-refractivity contribution in [2.45, 2.75) is 164 Å². The summed E-state index contributed by atoms with van der Waals surface area (Å²) in [5.74, 6) is -3.11. The van der Waals surface area contributed by atoms with Crippen molar-refractivity contribution in [1.82, 2.24) is 16.0 Å². The molecule has 15 nitrogen and oxygen atoms in total. The molecule has 4 aliphatic carbocycles. The van der Waals surface area contributed by atoms with Gasteiger partial charge in [0.05, 0.1) is 29.5 Å². The largest absolute Gasteiger partial charge is 0.508 e. The minimum Gasteiger partial charge on any atom is -0.508 e. The van der Waals surface area contributed by atoms with E-state index in [0.717, 1.165) is 71.7 Å². The van der Waals surface area contributed by atoms with Gasteiger partial charge in [-0.2, -0.15) is 0 Å². The molecule has 10 atom stereocenters. The quantitative estimate of drug-likeness (QED) is 0.0564. The number of benzene rings is 3. The molecule has 12 rings (SSSR count). The SMILES string of the molecule is C/C=C(\C(=O)O[C@@H]1Cc2c3c(c4oc(CO)cc(=O)c4c2O)[C@@H]2C4=CCNC(N)=C4[C@@H](CCc4ccc(O)cc4[C@H]2CO)[C@@H]2CCC4=CC(NCC)NC=C4C[C@@H]2[C@]1(C)O3)[C@]1(O)CC[C@H](c2cccc(C3(O)CCCCC3)c2)C1. The summed E-state index contributed by atoms with van der Waals surface area (Å²) >= 11 is 0. The number of likely N-dealkylation sites (N-methyl/N-ethyl adjacent to an activating group) is 1. The van der Waals surface area contributed by atoms with E-state index < -0.39 is 71.0 Å². The second-order valence-electron chi connectivity index (χ2n) is 24.0. The van der Waals surface area contributed by atoms with E-state index in [1.54, 1.807) is 25.1 Å². The molecule has 0 amide bonds. The standard InChI is InChI=1S/C64H76N4O11/c1-4-48(64(76)22-18-37(30-64)35-10-9-11-39(24-35)63(75)20-7-6-8-21-63)61(74)78-51-29-46-57(73)55-50(72)28-41(32-69)77-59(55)56-53-44-19-23-67-60(65)54(44)43(17-13-34-12-15-40(71)27-45(34)47(53)33-70)42-16-14-36-26-52(66-5-2)68-31-38(36)25-49(42)62(51,3)79-58(46)56/h4,9-12,15,19,24,26-28,31,37,42-43,47,49,51-53,66-71,73,75-76H,5-8,13-14,16-18,20-23,25,29-30,32-33,65H2,1-3H3/b48-4+/t37-,42-,43-,47+,49-,51+,52?,53+,62-,64-/m0/s1. The minimum atomic E-state index is -1.56. The number of aliphatic hydroxyl groups excluding tert-OH is 2. The van der Waals surface area contributed by atoms with E-state index in [0.29, 0.717) is 74.9 Å². The van der Waals surface area contributed by atoms with Gasteiger partial charge in [-0.15, -0.1) is 0 Å². The molecule has 4 aliphatic heterocycles. The van der Waals surface area contributed by atoms with Crippen molar-refractivity contribution in [3.63, 3.8) is 0 Å². The van der Waals surface area contributed by atoms with Crippen molar-refractivity contribution in [2.24, 2.45) is 23.5 Å². The van der Waals surface area contributed by atoms with Crippen LogP contribution in [-0.2, 0) is 34.6 Å². The van der Waals surface area contributed by atoms with Crippen LogP contribution >= 0.6 is 0 Å². The fourth-order valence-electron chi connectivity index (χ4n) is 15.9. The summed E-state index contributed by atoms with van der Waals surface area (Å²) in [6.45, 7) is 5.87. The van der Waals surface area contributed by atoms with Crippen molar-refractivity contribution in [3.05, 3.63) is 156 Å². The number of hydrogen-bond donors (Lipinski definition) is 10. The van der Waals surface area contributed by atoms with Crippen LogP contribution in [0.15, 0.2) is 116 Å². The molecule has 0 radical (unpaired) electrons. The molecular weight excluding hydrogens is 1000 g/mol. The van der Waals surface area contributed by atoms with Crippen molar-refractivity contribution < 1.29 is 49.3 Å². The van der Waals surface area contributed by atoms with Gasteiger partial charge in [0, 0.05) is 54.1 Å². The van der Waals surface area contributed by atoms with Gasteiger partial charge >= 0.3 is 5.97 Å². The number of rotatable bonds is 9. The number of esters is 1. The zero-order valence-electron chi connectivity index (χ0n) is 45.6. The molecule has 4 bridgehead atoms. The summed E-state index contributed by atoms with van der Waals surface area (Å²) < 4.78 is 21.4. The smallest absolute Gasteiger partial charge is 0.337 e. The van der Waals surface area contributed by atoms with Gasteiger partial charge in [-0.3, -0.25) is 10.1 Å².